The largest absolute Gasteiger partial charge is 0.445 e. The zero-order chi connectivity index (χ0) is 23.5. The number of fused-ring (bicyclic) bond motifs is 3. The van der Waals surface area contributed by atoms with Gasteiger partial charge in [-0.15, -0.1) is 0 Å². The topological polar surface area (TPSA) is 87.3 Å². The summed E-state index contributed by atoms with van der Waals surface area (Å²) in [7, 11) is 0. The van der Waals surface area contributed by atoms with Crippen molar-refractivity contribution in [2.75, 3.05) is 0 Å². The maximum Gasteiger partial charge on any atom is 0.408 e. The number of alkyl carbamates (subject to hydrolysis) is 1. The van der Waals surface area contributed by atoms with E-state index in [1.165, 1.54) is 0 Å². The lowest BCUT2D eigenvalue weighted by Gasteiger charge is -2.31. The summed E-state index contributed by atoms with van der Waals surface area (Å²) < 4.78 is 5.41. The SMILES string of the molecule is C[C@@H](c1ccccc1)N1Cc2c(ccc3[nH]ncc23)C[C@@H](NC(=O)OCc2ccccc2)C1=O. The summed E-state index contributed by atoms with van der Waals surface area (Å²) >= 11 is 0. The molecule has 0 saturated carbocycles. The predicted molar refractivity (Wildman–Crippen MR) is 129 cm³/mol. The Bertz CT molecular complexity index is 1300. The van der Waals surface area contributed by atoms with Crippen LogP contribution in [0.5, 0.6) is 0 Å². The minimum Gasteiger partial charge on any atom is -0.445 e. The van der Waals surface area contributed by atoms with Crippen molar-refractivity contribution in [2.45, 2.75) is 38.6 Å². The van der Waals surface area contributed by atoms with Crippen LogP contribution in [0.15, 0.2) is 79.0 Å². The lowest BCUT2D eigenvalue weighted by atomic mass is 9.99. The molecular weight excluding hydrogens is 428 g/mol. The minimum absolute atomic E-state index is 0.138. The van der Waals surface area contributed by atoms with Gasteiger partial charge in [0, 0.05) is 18.4 Å². The minimum atomic E-state index is -0.736. The number of nitrogens with one attached hydrogen (secondary N) is 2. The van der Waals surface area contributed by atoms with Crippen molar-refractivity contribution in [1.82, 2.24) is 20.4 Å². The molecule has 1 aromatic heterocycles. The van der Waals surface area contributed by atoms with E-state index in [2.05, 4.69) is 15.5 Å². The van der Waals surface area contributed by atoms with Gasteiger partial charge in [0.25, 0.3) is 0 Å². The van der Waals surface area contributed by atoms with Gasteiger partial charge in [0.05, 0.1) is 17.8 Å². The van der Waals surface area contributed by atoms with Gasteiger partial charge in [-0.05, 0) is 35.2 Å². The number of aromatic nitrogens is 2. The number of carbonyl (C=O) groups is 2. The summed E-state index contributed by atoms with van der Waals surface area (Å²) in [6.07, 6.45) is 1.57. The van der Waals surface area contributed by atoms with Crippen molar-refractivity contribution in [3.05, 3.63) is 101 Å². The fraction of sp³-hybridized carbons (Fsp3) is 0.222. The number of benzene rings is 3. The van der Waals surface area contributed by atoms with Crippen LogP contribution in [0.2, 0.25) is 0 Å². The van der Waals surface area contributed by atoms with Crippen molar-refractivity contribution in [3.63, 3.8) is 0 Å². The molecule has 5 rings (SSSR count). The molecule has 1 aliphatic heterocycles. The highest BCUT2D eigenvalue weighted by atomic mass is 16.5. The number of nitrogens with zero attached hydrogens (tertiary/aromatic N) is 2. The molecule has 0 fully saturated rings. The molecule has 2 heterocycles. The number of amides is 2. The standard InChI is InChI=1S/C27H26N4O3/c1-18(20-10-6-3-7-11-20)31-16-23-21(12-13-24-22(23)15-28-30-24)14-25(26(31)32)29-27(33)34-17-19-8-4-2-5-9-19/h2-13,15,18,25H,14,16-17H2,1H3,(H,28,30)(H,29,33)/t18-,25+/m0/s1. The Labute approximate surface area is 197 Å². The second kappa shape index (κ2) is 9.39. The van der Waals surface area contributed by atoms with Crippen LogP contribution in [0.4, 0.5) is 4.79 Å². The molecular formula is C27H26N4O3. The molecule has 7 nitrogen and oxygen atoms in total. The second-order valence-corrected chi connectivity index (χ2v) is 8.55. The van der Waals surface area contributed by atoms with Gasteiger partial charge in [0.15, 0.2) is 0 Å². The molecule has 2 N–H and O–H groups in total. The first kappa shape index (κ1) is 21.7. The van der Waals surface area contributed by atoms with E-state index in [-0.39, 0.29) is 18.6 Å². The number of H-pyrrole nitrogens is 1. The predicted octanol–water partition coefficient (Wildman–Crippen LogP) is 4.50. The highest BCUT2D eigenvalue weighted by Gasteiger charge is 2.34. The van der Waals surface area contributed by atoms with Crippen LogP contribution in [-0.4, -0.2) is 33.1 Å². The number of ether oxygens (including phenoxy) is 1. The Balaban J connectivity index is 1.43. The third-order valence-corrected chi connectivity index (χ3v) is 6.42. The number of carbonyl (C=O) groups excluding carboxylic acids is 2. The number of rotatable bonds is 5. The summed E-state index contributed by atoms with van der Waals surface area (Å²) in [4.78, 5) is 28.2. The first-order chi connectivity index (χ1) is 16.6. The molecule has 34 heavy (non-hydrogen) atoms. The zero-order valence-corrected chi connectivity index (χ0v) is 18.9. The smallest absolute Gasteiger partial charge is 0.408 e. The lowest BCUT2D eigenvalue weighted by Crippen LogP contribution is -2.48. The van der Waals surface area contributed by atoms with Gasteiger partial charge < -0.3 is 15.0 Å². The summed E-state index contributed by atoms with van der Waals surface area (Å²) in [5.74, 6) is -0.138. The first-order valence-corrected chi connectivity index (χ1v) is 11.4. The molecule has 2 amide bonds. The molecule has 0 radical (unpaired) electrons. The van der Waals surface area contributed by atoms with E-state index in [1.807, 2.05) is 84.6 Å². The van der Waals surface area contributed by atoms with Crippen LogP contribution < -0.4 is 5.32 Å². The van der Waals surface area contributed by atoms with Crippen LogP contribution in [-0.2, 0) is 29.1 Å². The third-order valence-electron chi connectivity index (χ3n) is 6.42. The quantitative estimate of drug-likeness (QED) is 0.465. The first-order valence-electron chi connectivity index (χ1n) is 11.4. The van der Waals surface area contributed by atoms with Crippen molar-refractivity contribution < 1.29 is 14.3 Å². The Morgan fingerprint density at radius 1 is 1.12 bits per heavy atom. The average Bonchev–Trinajstić information content (AvgIpc) is 3.31. The van der Waals surface area contributed by atoms with Crippen molar-refractivity contribution in [1.29, 1.82) is 0 Å². The Morgan fingerprint density at radius 2 is 1.85 bits per heavy atom. The molecule has 4 aromatic rings. The Morgan fingerprint density at radius 3 is 2.62 bits per heavy atom. The number of hydrogen-bond acceptors (Lipinski definition) is 4. The molecule has 0 saturated heterocycles. The normalized spacial score (nSPS) is 16.6. The maximum atomic E-state index is 13.7. The zero-order valence-electron chi connectivity index (χ0n) is 18.9. The van der Waals surface area contributed by atoms with E-state index in [1.54, 1.807) is 6.20 Å². The van der Waals surface area contributed by atoms with Gasteiger partial charge in [-0.3, -0.25) is 9.89 Å². The fourth-order valence-corrected chi connectivity index (χ4v) is 4.51. The number of aromatic amines is 1. The summed E-state index contributed by atoms with van der Waals surface area (Å²) in [6, 6.07) is 22.4. The van der Waals surface area contributed by atoms with E-state index in [0.29, 0.717) is 13.0 Å². The van der Waals surface area contributed by atoms with Gasteiger partial charge in [0.2, 0.25) is 5.91 Å². The van der Waals surface area contributed by atoms with Crippen LogP contribution >= 0.6 is 0 Å². The van der Waals surface area contributed by atoms with Crippen LogP contribution in [0.25, 0.3) is 10.9 Å². The molecule has 0 unspecified atom stereocenters. The fourth-order valence-electron chi connectivity index (χ4n) is 4.51. The number of hydrogen-bond donors (Lipinski definition) is 2. The second-order valence-electron chi connectivity index (χ2n) is 8.55. The Hall–Kier alpha value is -4.13. The van der Waals surface area contributed by atoms with E-state index >= 15 is 0 Å². The third kappa shape index (κ3) is 4.37. The molecule has 7 heteroatoms. The highest BCUT2D eigenvalue weighted by Crippen LogP contribution is 2.31. The van der Waals surface area contributed by atoms with E-state index in [0.717, 1.165) is 33.2 Å². The van der Waals surface area contributed by atoms with Gasteiger partial charge in [-0.2, -0.15) is 5.10 Å². The van der Waals surface area contributed by atoms with Crippen LogP contribution in [0.3, 0.4) is 0 Å². The molecule has 0 aliphatic carbocycles. The molecule has 3 aromatic carbocycles. The van der Waals surface area contributed by atoms with Gasteiger partial charge in [-0.1, -0.05) is 66.7 Å². The molecule has 172 valence electrons. The summed E-state index contributed by atoms with van der Waals surface area (Å²) in [5.41, 5.74) is 4.90. The Kier molecular flexibility index (Phi) is 5.99. The molecule has 2 atom stereocenters. The molecule has 0 spiro atoms. The summed E-state index contributed by atoms with van der Waals surface area (Å²) in [5, 5.41) is 11.0. The van der Waals surface area contributed by atoms with E-state index in [9.17, 15) is 9.59 Å². The van der Waals surface area contributed by atoms with Crippen molar-refractivity contribution in [3.8, 4) is 0 Å². The lowest BCUT2D eigenvalue weighted by molar-refractivity contribution is -0.135. The highest BCUT2D eigenvalue weighted by molar-refractivity contribution is 5.89. The monoisotopic (exact) mass is 454 g/mol. The van der Waals surface area contributed by atoms with Crippen LogP contribution in [0, 0.1) is 0 Å². The van der Waals surface area contributed by atoms with Gasteiger partial charge >= 0.3 is 6.09 Å². The van der Waals surface area contributed by atoms with Crippen LogP contribution in [0.1, 0.15) is 35.2 Å². The van der Waals surface area contributed by atoms with Crippen molar-refractivity contribution in [2.24, 2.45) is 0 Å². The average molecular weight is 455 g/mol. The van der Waals surface area contributed by atoms with E-state index in [4.69, 9.17) is 4.74 Å². The maximum absolute atomic E-state index is 13.7. The van der Waals surface area contributed by atoms with Gasteiger partial charge in [0.1, 0.15) is 12.6 Å². The van der Waals surface area contributed by atoms with Gasteiger partial charge in [-0.25, -0.2) is 4.79 Å². The molecule has 1 aliphatic rings. The van der Waals surface area contributed by atoms with E-state index < -0.39 is 12.1 Å². The summed E-state index contributed by atoms with van der Waals surface area (Å²) in [6.45, 7) is 2.58. The molecule has 0 bridgehead atoms. The van der Waals surface area contributed by atoms with Crippen molar-refractivity contribution >= 4 is 22.9 Å².